The molecule has 0 aromatic heterocycles. The van der Waals surface area contributed by atoms with Crippen LogP contribution in [0, 0.1) is 16.0 Å². The minimum atomic E-state index is -0.323. The van der Waals surface area contributed by atoms with E-state index in [1.54, 1.807) is 13.2 Å². The molecule has 0 fully saturated rings. The van der Waals surface area contributed by atoms with E-state index in [0.717, 1.165) is 17.7 Å². The highest BCUT2D eigenvalue weighted by molar-refractivity contribution is 5.63. The zero-order valence-corrected chi connectivity index (χ0v) is 12.9. The van der Waals surface area contributed by atoms with Crippen LogP contribution in [0.3, 0.4) is 0 Å². The molecule has 1 aliphatic rings. The molecule has 1 aromatic rings. The topological polar surface area (TPSA) is 61.6 Å². The van der Waals surface area contributed by atoms with E-state index in [1.165, 1.54) is 0 Å². The second kappa shape index (κ2) is 6.16. The molecule has 0 amide bonds. The van der Waals surface area contributed by atoms with Crippen LogP contribution in [0.1, 0.15) is 38.3 Å². The van der Waals surface area contributed by atoms with Crippen molar-refractivity contribution in [2.24, 2.45) is 5.92 Å². The third kappa shape index (κ3) is 3.54. The second-order valence-electron chi connectivity index (χ2n) is 5.83. The monoisotopic (exact) mass is 291 g/mol. The van der Waals surface area contributed by atoms with Crippen LogP contribution in [0.4, 0.5) is 0 Å². The number of nitrogens with zero attached hydrogens (tertiary/aromatic N) is 1. The molecular weight excluding hydrogens is 270 g/mol. The van der Waals surface area contributed by atoms with Gasteiger partial charge in [0, 0.05) is 30.0 Å². The van der Waals surface area contributed by atoms with Crippen LogP contribution in [-0.4, -0.2) is 18.1 Å². The summed E-state index contributed by atoms with van der Waals surface area (Å²) in [6.45, 7) is 5.92. The number of hydrogen-bond donors (Lipinski definition) is 0. The smallest absolute Gasteiger partial charge is 0.247 e. The first-order valence-corrected chi connectivity index (χ1v) is 7.13. The second-order valence-corrected chi connectivity index (χ2v) is 5.83. The standard InChI is InChI=1S/C16H21NO4/c1-10(2)5-14(17(18)19)7-13-9-16-12(6-11(3)21-16)8-15(13)20-4/h7-11H,5-6H2,1-4H3/b14-7-. The van der Waals surface area contributed by atoms with Gasteiger partial charge in [-0.15, -0.1) is 0 Å². The Labute approximate surface area is 124 Å². The van der Waals surface area contributed by atoms with Gasteiger partial charge >= 0.3 is 0 Å². The maximum absolute atomic E-state index is 11.2. The van der Waals surface area contributed by atoms with Gasteiger partial charge in [-0.25, -0.2) is 0 Å². The minimum Gasteiger partial charge on any atom is -0.496 e. The molecule has 0 bridgehead atoms. The largest absolute Gasteiger partial charge is 0.496 e. The average Bonchev–Trinajstić information content (AvgIpc) is 2.75. The lowest BCUT2D eigenvalue weighted by molar-refractivity contribution is -0.427. The summed E-state index contributed by atoms with van der Waals surface area (Å²) >= 11 is 0. The van der Waals surface area contributed by atoms with Crippen LogP contribution < -0.4 is 9.47 Å². The number of fused-ring (bicyclic) bond motifs is 1. The highest BCUT2D eigenvalue weighted by Crippen LogP contribution is 2.36. The van der Waals surface area contributed by atoms with Crippen LogP contribution in [0.2, 0.25) is 0 Å². The van der Waals surface area contributed by atoms with Crippen molar-refractivity contribution in [1.29, 1.82) is 0 Å². The summed E-state index contributed by atoms with van der Waals surface area (Å²) in [6.07, 6.45) is 2.98. The predicted octanol–water partition coefficient (Wildman–Crippen LogP) is 3.68. The lowest BCUT2D eigenvalue weighted by Gasteiger charge is -2.09. The van der Waals surface area contributed by atoms with E-state index < -0.39 is 0 Å². The van der Waals surface area contributed by atoms with E-state index in [4.69, 9.17) is 9.47 Å². The Bertz CT molecular complexity index is 578. The summed E-state index contributed by atoms with van der Waals surface area (Å²) in [7, 11) is 1.58. The van der Waals surface area contributed by atoms with Gasteiger partial charge in [0.1, 0.15) is 17.6 Å². The van der Waals surface area contributed by atoms with E-state index in [0.29, 0.717) is 17.7 Å². The van der Waals surface area contributed by atoms with E-state index in [9.17, 15) is 10.1 Å². The molecule has 1 aliphatic heterocycles. The summed E-state index contributed by atoms with van der Waals surface area (Å²) in [5.74, 6) is 1.66. The van der Waals surface area contributed by atoms with Crippen LogP contribution in [0.5, 0.6) is 11.5 Å². The molecular formula is C16H21NO4. The first-order chi connectivity index (χ1) is 9.90. The average molecular weight is 291 g/mol. The van der Waals surface area contributed by atoms with Crippen molar-refractivity contribution in [2.75, 3.05) is 7.11 Å². The van der Waals surface area contributed by atoms with Crippen molar-refractivity contribution in [1.82, 2.24) is 0 Å². The van der Waals surface area contributed by atoms with Crippen LogP contribution in [0.25, 0.3) is 6.08 Å². The van der Waals surface area contributed by atoms with Gasteiger partial charge in [0.25, 0.3) is 0 Å². The molecule has 1 atom stereocenters. The molecule has 5 nitrogen and oxygen atoms in total. The highest BCUT2D eigenvalue weighted by atomic mass is 16.6. The Morgan fingerprint density at radius 3 is 2.86 bits per heavy atom. The summed E-state index contributed by atoms with van der Waals surface area (Å²) in [4.78, 5) is 10.9. The Morgan fingerprint density at radius 1 is 1.57 bits per heavy atom. The highest BCUT2D eigenvalue weighted by Gasteiger charge is 2.22. The molecule has 0 radical (unpaired) electrons. The van der Waals surface area contributed by atoms with Gasteiger partial charge in [0.2, 0.25) is 5.70 Å². The van der Waals surface area contributed by atoms with E-state index in [-0.39, 0.29) is 22.6 Å². The molecule has 0 aliphatic carbocycles. The number of benzene rings is 1. The molecule has 0 spiro atoms. The van der Waals surface area contributed by atoms with E-state index >= 15 is 0 Å². The summed E-state index contributed by atoms with van der Waals surface area (Å²) in [6, 6.07) is 3.75. The van der Waals surface area contributed by atoms with Crippen molar-refractivity contribution >= 4 is 6.08 Å². The number of rotatable bonds is 5. The number of ether oxygens (including phenoxy) is 2. The van der Waals surface area contributed by atoms with Gasteiger partial charge in [-0.1, -0.05) is 13.8 Å². The minimum absolute atomic E-state index is 0.134. The molecule has 2 rings (SSSR count). The van der Waals surface area contributed by atoms with Gasteiger partial charge in [-0.05, 0) is 25.0 Å². The number of hydrogen-bond acceptors (Lipinski definition) is 4. The Morgan fingerprint density at radius 2 is 2.29 bits per heavy atom. The maximum Gasteiger partial charge on any atom is 0.247 e. The molecule has 1 heterocycles. The summed E-state index contributed by atoms with van der Waals surface area (Å²) in [5.41, 5.74) is 1.97. The first kappa shape index (κ1) is 15.4. The Hall–Kier alpha value is -2.04. The van der Waals surface area contributed by atoms with Crippen molar-refractivity contribution in [3.8, 4) is 11.5 Å². The molecule has 5 heteroatoms. The van der Waals surface area contributed by atoms with E-state index in [2.05, 4.69) is 0 Å². The third-order valence-corrected chi connectivity index (χ3v) is 3.42. The zero-order chi connectivity index (χ0) is 15.6. The van der Waals surface area contributed by atoms with Crippen molar-refractivity contribution in [3.05, 3.63) is 39.1 Å². The van der Waals surface area contributed by atoms with Gasteiger partial charge in [0.05, 0.1) is 12.0 Å². The molecule has 0 saturated heterocycles. The Kier molecular flexibility index (Phi) is 4.50. The quantitative estimate of drug-likeness (QED) is 0.613. The SMILES string of the molecule is COc1cc2c(cc1/C=C(/CC(C)C)[N+](=O)[O-])OC(C)C2. The fourth-order valence-electron chi connectivity index (χ4n) is 2.53. The van der Waals surface area contributed by atoms with Crippen LogP contribution >= 0.6 is 0 Å². The lowest BCUT2D eigenvalue weighted by atomic mass is 10.0. The Balaban J connectivity index is 2.42. The maximum atomic E-state index is 11.2. The summed E-state index contributed by atoms with van der Waals surface area (Å²) < 4.78 is 11.1. The van der Waals surface area contributed by atoms with Gasteiger partial charge in [-0.2, -0.15) is 0 Å². The number of nitro groups is 1. The third-order valence-electron chi connectivity index (χ3n) is 3.42. The van der Waals surface area contributed by atoms with Gasteiger partial charge in [-0.3, -0.25) is 10.1 Å². The lowest BCUT2D eigenvalue weighted by Crippen LogP contribution is -2.05. The molecule has 114 valence electrons. The van der Waals surface area contributed by atoms with E-state index in [1.807, 2.05) is 32.9 Å². The van der Waals surface area contributed by atoms with Crippen molar-refractivity contribution in [3.63, 3.8) is 0 Å². The van der Waals surface area contributed by atoms with Crippen LogP contribution in [-0.2, 0) is 6.42 Å². The van der Waals surface area contributed by atoms with Crippen molar-refractivity contribution < 1.29 is 14.4 Å². The fourth-order valence-corrected chi connectivity index (χ4v) is 2.53. The van der Waals surface area contributed by atoms with Crippen LogP contribution in [0.15, 0.2) is 17.8 Å². The number of allylic oxidation sites excluding steroid dienone is 1. The fraction of sp³-hybridized carbons (Fsp3) is 0.500. The molecule has 1 unspecified atom stereocenters. The molecule has 0 N–H and O–H groups in total. The molecule has 0 saturated carbocycles. The van der Waals surface area contributed by atoms with Gasteiger partial charge < -0.3 is 9.47 Å². The van der Waals surface area contributed by atoms with Crippen molar-refractivity contribution in [2.45, 2.75) is 39.7 Å². The zero-order valence-electron chi connectivity index (χ0n) is 12.9. The number of methoxy groups -OCH3 is 1. The first-order valence-electron chi connectivity index (χ1n) is 7.13. The predicted molar refractivity (Wildman–Crippen MR) is 81.2 cm³/mol. The van der Waals surface area contributed by atoms with Gasteiger partial charge in [0.15, 0.2) is 0 Å². The normalized spacial score (nSPS) is 17.6. The molecule has 21 heavy (non-hydrogen) atoms. The molecule has 1 aromatic carbocycles. The summed E-state index contributed by atoms with van der Waals surface area (Å²) in [5, 5.41) is 11.2.